The van der Waals surface area contributed by atoms with Crippen molar-refractivity contribution in [1.29, 1.82) is 0 Å². The standard InChI is InChI=1S/C20H19FN4O/c21-17-8-6-15(7-9-17)12-19(26)24-11-10-18(13-24)25-14-22-23-20(25)16-4-2-1-3-5-16/h1-9,14,18H,10-13H2. The topological polar surface area (TPSA) is 51.0 Å². The molecule has 4 rings (SSSR count). The highest BCUT2D eigenvalue weighted by Gasteiger charge is 2.29. The van der Waals surface area contributed by atoms with E-state index in [0.717, 1.165) is 23.4 Å². The number of carbonyl (C=O) groups excluding carboxylic acids is 1. The summed E-state index contributed by atoms with van der Waals surface area (Å²) in [7, 11) is 0. The first-order chi connectivity index (χ1) is 12.7. The van der Waals surface area contributed by atoms with E-state index in [-0.39, 0.29) is 17.8 Å². The van der Waals surface area contributed by atoms with Crippen LogP contribution in [-0.4, -0.2) is 38.7 Å². The molecule has 1 fully saturated rings. The molecule has 26 heavy (non-hydrogen) atoms. The molecule has 0 saturated carbocycles. The average molecular weight is 350 g/mol. The summed E-state index contributed by atoms with van der Waals surface area (Å²) in [6, 6.07) is 16.2. The largest absolute Gasteiger partial charge is 0.340 e. The van der Waals surface area contributed by atoms with Crippen LogP contribution in [0.4, 0.5) is 4.39 Å². The van der Waals surface area contributed by atoms with Crippen LogP contribution in [0.1, 0.15) is 18.0 Å². The predicted octanol–water partition coefficient (Wildman–Crippen LogP) is 3.10. The second kappa shape index (κ2) is 7.07. The summed E-state index contributed by atoms with van der Waals surface area (Å²) in [6.45, 7) is 1.34. The highest BCUT2D eigenvalue weighted by Crippen LogP contribution is 2.27. The van der Waals surface area contributed by atoms with E-state index in [9.17, 15) is 9.18 Å². The van der Waals surface area contributed by atoms with Gasteiger partial charge in [0, 0.05) is 18.7 Å². The van der Waals surface area contributed by atoms with Crippen molar-refractivity contribution < 1.29 is 9.18 Å². The molecular formula is C20H19FN4O. The molecule has 1 aliphatic rings. The maximum atomic E-state index is 13.0. The lowest BCUT2D eigenvalue weighted by Crippen LogP contribution is -2.30. The van der Waals surface area contributed by atoms with E-state index in [4.69, 9.17) is 0 Å². The molecule has 1 amide bonds. The van der Waals surface area contributed by atoms with Gasteiger partial charge in [-0.3, -0.25) is 4.79 Å². The molecule has 0 bridgehead atoms. The Bertz CT molecular complexity index is 892. The second-order valence-corrected chi connectivity index (χ2v) is 6.51. The van der Waals surface area contributed by atoms with Gasteiger partial charge in [-0.05, 0) is 24.1 Å². The lowest BCUT2D eigenvalue weighted by Gasteiger charge is -2.18. The average Bonchev–Trinajstić information content (AvgIpc) is 3.33. The molecule has 132 valence electrons. The fourth-order valence-electron chi connectivity index (χ4n) is 3.39. The maximum Gasteiger partial charge on any atom is 0.227 e. The highest BCUT2D eigenvalue weighted by molar-refractivity contribution is 5.79. The van der Waals surface area contributed by atoms with Crippen molar-refractivity contribution in [2.45, 2.75) is 18.9 Å². The second-order valence-electron chi connectivity index (χ2n) is 6.51. The molecule has 5 nitrogen and oxygen atoms in total. The van der Waals surface area contributed by atoms with Crippen LogP contribution in [0.2, 0.25) is 0 Å². The smallest absolute Gasteiger partial charge is 0.227 e. The summed E-state index contributed by atoms with van der Waals surface area (Å²) in [5, 5.41) is 8.31. The van der Waals surface area contributed by atoms with Gasteiger partial charge in [0.25, 0.3) is 0 Å². The molecule has 1 atom stereocenters. The van der Waals surface area contributed by atoms with Gasteiger partial charge < -0.3 is 9.47 Å². The first-order valence-corrected chi connectivity index (χ1v) is 8.68. The van der Waals surface area contributed by atoms with Crippen molar-refractivity contribution in [2.75, 3.05) is 13.1 Å². The highest BCUT2D eigenvalue weighted by atomic mass is 19.1. The molecule has 0 radical (unpaired) electrons. The van der Waals surface area contributed by atoms with Crippen molar-refractivity contribution in [3.05, 3.63) is 72.3 Å². The fraction of sp³-hybridized carbons (Fsp3) is 0.250. The normalized spacial score (nSPS) is 16.8. The molecule has 6 heteroatoms. The zero-order valence-corrected chi connectivity index (χ0v) is 14.3. The number of benzene rings is 2. The van der Waals surface area contributed by atoms with Crippen LogP contribution < -0.4 is 0 Å². The van der Waals surface area contributed by atoms with Crippen LogP contribution in [0.25, 0.3) is 11.4 Å². The van der Waals surface area contributed by atoms with E-state index < -0.39 is 0 Å². The Labute approximate surface area is 151 Å². The third-order valence-electron chi connectivity index (χ3n) is 4.78. The first-order valence-electron chi connectivity index (χ1n) is 8.68. The molecule has 0 spiro atoms. The quantitative estimate of drug-likeness (QED) is 0.726. The van der Waals surface area contributed by atoms with Crippen molar-refractivity contribution in [3.8, 4) is 11.4 Å². The summed E-state index contributed by atoms with van der Waals surface area (Å²) in [4.78, 5) is 14.4. The Kier molecular flexibility index (Phi) is 4.48. The summed E-state index contributed by atoms with van der Waals surface area (Å²) < 4.78 is 15.1. The minimum atomic E-state index is -0.288. The zero-order valence-electron chi connectivity index (χ0n) is 14.3. The number of halogens is 1. The predicted molar refractivity (Wildman–Crippen MR) is 95.8 cm³/mol. The van der Waals surface area contributed by atoms with Gasteiger partial charge in [-0.2, -0.15) is 0 Å². The van der Waals surface area contributed by atoms with Crippen molar-refractivity contribution in [3.63, 3.8) is 0 Å². The van der Waals surface area contributed by atoms with E-state index in [0.29, 0.717) is 19.5 Å². The van der Waals surface area contributed by atoms with Gasteiger partial charge >= 0.3 is 0 Å². The minimum absolute atomic E-state index is 0.0634. The van der Waals surface area contributed by atoms with Gasteiger partial charge in [0.05, 0.1) is 12.5 Å². The third-order valence-corrected chi connectivity index (χ3v) is 4.78. The van der Waals surface area contributed by atoms with Gasteiger partial charge in [0.15, 0.2) is 5.82 Å². The molecule has 1 aromatic heterocycles. The number of amides is 1. The Balaban J connectivity index is 1.45. The molecule has 1 aliphatic heterocycles. The van der Waals surface area contributed by atoms with E-state index >= 15 is 0 Å². The lowest BCUT2D eigenvalue weighted by molar-refractivity contribution is -0.129. The third kappa shape index (κ3) is 3.35. The van der Waals surface area contributed by atoms with Crippen LogP contribution in [0.3, 0.4) is 0 Å². The molecule has 0 N–H and O–H groups in total. The van der Waals surface area contributed by atoms with Crippen LogP contribution >= 0.6 is 0 Å². The monoisotopic (exact) mass is 350 g/mol. The molecule has 2 heterocycles. The number of hydrogen-bond acceptors (Lipinski definition) is 3. The van der Waals surface area contributed by atoms with Gasteiger partial charge in [-0.1, -0.05) is 42.5 Å². The summed E-state index contributed by atoms with van der Waals surface area (Å²) in [6.07, 6.45) is 2.90. The van der Waals surface area contributed by atoms with E-state index in [1.165, 1.54) is 12.1 Å². The van der Waals surface area contributed by atoms with E-state index in [1.54, 1.807) is 18.5 Å². The summed E-state index contributed by atoms with van der Waals surface area (Å²) >= 11 is 0. The maximum absolute atomic E-state index is 13.0. The molecule has 1 saturated heterocycles. The Hall–Kier alpha value is -3.02. The molecule has 1 unspecified atom stereocenters. The molecular weight excluding hydrogens is 331 g/mol. The van der Waals surface area contributed by atoms with Gasteiger partial charge in [-0.25, -0.2) is 4.39 Å². The Morgan fingerprint density at radius 3 is 2.65 bits per heavy atom. The van der Waals surface area contributed by atoms with Gasteiger partial charge in [0.2, 0.25) is 5.91 Å². The lowest BCUT2D eigenvalue weighted by atomic mass is 10.1. The van der Waals surface area contributed by atoms with Crippen LogP contribution in [0, 0.1) is 5.82 Å². The number of aromatic nitrogens is 3. The van der Waals surface area contributed by atoms with Crippen LogP contribution in [0.5, 0.6) is 0 Å². The van der Waals surface area contributed by atoms with Crippen LogP contribution in [0.15, 0.2) is 60.9 Å². The van der Waals surface area contributed by atoms with Gasteiger partial charge in [-0.15, -0.1) is 10.2 Å². The molecule has 0 aliphatic carbocycles. The Morgan fingerprint density at radius 2 is 1.88 bits per heavy atom. The van der Waals surface area contributed by atoms with Crippen molar-refractivity contribution in [2.24, 2.45) is 0 Å². The minimum Gasteiger partial charge on any atom is -0.340 e. The number of hydrogen-bond donors (Lipinski definition) is 0. The summed E-state index contributed by atoms with van der Waals surface area (Å²) in [5.41, 5.74) is 1.84. The van der Waals surface area contributed by atoms with Crippen LogP contribution in [-0.2, 0) is 11.2 Å². The SMILES string of the molecule is O=C(Cc1ccc(F)cc1)N1CCC(n2cnnc2-c2ccccc2)C1. The number of nitrogens with zero attached hydrogens (tertiary/aromatic N) is 4. The Morgan fingerprint density at radius 1 is 1.12 bits per heavy atom. The molecule has 3 aromatic rings. The van der Waals surface area contributed by atoms with Crippen molar-refractivity contribution >= 4 is 5.91 Å². The van der Waals surface area contributed by atoms with E-state index in [2.05, 4.69) is 14.8 Å². The molecule has 2 aromatic carbocycles. The van der Waals surface area contributed by atoms with Crippen molar-refractivity contribution in [1.82, 2.24) is 19.7 Å². The number of carbonyl (C=O) groups is 1. The fourth-order valence-corrected chi connectivity index (χ4v) is 3.39. The van der Waals surface area contributed by atoms with Gasteiger partial charge in [0.1, 0.15) is 12.1 Å². The summed E-state index contributed by atoms with van der Waals surface area (Å²) in [5.74, 6) is 0.598. The number of rotatable bonds is 4. The first kappa shape index (κ1) is 16.4. The number of likely N-dealkylation sites (tertiary alicyclic amines) is 1. The zero-order chi connectivity index (χ0) is 17.9. The van der Waals surface area contributed by atoms with E-state index in [1.807, 2.05) is 35.2 Å².